The second-order valence-corrected chi connectivity index (χ2v) is 9.33. The number of hydrogen-bond acceptors (Lipinski definition) is 4. The number of nitrogens with one attached hydrogen (secondary N) is 1. The molecule has 4 rings (SSSR count). The predicted octanol–water partition coefficient (Wildman–Crippen LogP) is 5.04. The summed E-state index contributed by atoms with van der Waals surface area (Å²) in [6.07, 6.45) is 1.64. The Kier molecular flexibility index (Phi) is 5.08. The van der Waals surface area contributed by atoms with Gasteiger partial charge in [0.25, 0.3) is 0 Å². The van der Waals surface area contributed by atoms with Crippen LogP contribution >= 0.6 is 15.9 Å². The molecular formula is C22H26BrN3O2. The fourth-order valence-electron chi connectivity index (χ4n) is 3.92. The van der Waals surface area contributed by atoms with E-state index < -0.39 is 5.60 Å². The molecule has 0 bridgehead atoms. The van der Waals surface area contributed by atoms with Crippen LogP contribution in [0.5, 0.6) is 0 Å². The van der Waals surface area contributed by atoms with Crippen LogP contribution in [0.25, 0.3) is 10.8 Å². The highest BCUT2D eigenvalue weighted by atomic mass is 79.9. The molecule has 6 heteroatoms. The largest absolute Gasteiger partial charge is 0.444 e. The number of halogens is 1. The van der Waals surface area contributed by atoms with Crippen molar-refractivity contribution in [2.75, 3.05) is 13.1 Å². The molecule has 2 atom stereocenters. The summed E-state index contributed by atoms with van der Waals surface area (Å²) < 4.78 is 6.69. The third-order valence-corrected chi connectivity index (χ3v) is 5.91. The lowest BCUT2D eigenvalue weighted by atomic mass is 10.0. The fourth-order valence-corrected chi connectivity index (χ4v) is 4.43. The summed E-state index contributed by atoms with van der Waals surface area (Å²) in [6, 6.07) is 12.9. The minimum Gasteiger partial charge on any atom is -0.444 e. The molecule has 1 saturated heterocycles. The van der Waals surface area contributed by atoms with Crippen LogP contribution < -0.4 is 5.32 Å². The highest BCUT2D eigenvalue weighted by Gasteiger charge is 2.37. The lowest BCUT2D eigenvalue weighted by Crippen LogP contribution is -2.46. The van der Waals surface area contributed by atoms with Crippen LogP contribution in [0.15, 0.2) is 45.9 Å². The molecule has 1 N–H and O–H groups in total. The van der Waals surface area contributed by atoms with Crippen LogP contribution in [0.4, 0.5) is 4.79 Å². The normalized spacial score (nSPS) is 22.3. The third kappa shape index (κ3) is 3.88. The van der Waals surface area contributed by atoms with Crippen molar-refractivity contribution in [2.24, 2.45) is 4.99 Å². The van der Waals surface area contributed by atoms with Gasteiger partial charge in [-0.1, -0.05) is 40.2 Å². The van der Waals surface area contributed by atoms with Gasteiger partial charge in [-0.25, -0.2) is 4.79 Å². The van der Waals surface area contributed by atoms with Crippen molar-refractivity contribution in [3.8, 4) is 0 Å². The quantitative estimate of drug-likeness (QED) is 0.706. The molecule has 28 heavy (non-hydrogen) atoms. The Hall–Kier alpha value is -2.08. The molecule has 1 amide bonds. The number of likely N-dealkylation sites (tertiary alicyclic amines) is 1. The summed E-state index contributed by atoms with van der Waals surface area (Å²) in [7, 11) is 0. The Labute approximate surface area is 174 Å². The molecule has 0 saturated carbocycles. The highest BCUT2D eigenvalue weighted by molar-refractivity contribution is 9.10. The van der Waals surface area contributed by atoms with E-state index in [1.807, 2.05) is 25.7 Å². The lowest BCUT2D eigenvalue weighted by molar-refractivity contribution is 0.0264. The lowest BCUT2D eigenvalue weighted by Gasteiger charge is -2.29. The number of rotatable bonds is 2. The molecule has 2 aliphatic rings. The molecule has 2 aromatic rings. The molecular weight excluding hydrogens is 418 g/mol. The SMILES string of the molecule is CC(C)(C)OC(=O)N1CCC[C@H]1C1=NCC(c2ccc3c(Br)cccc3c2)N1. The van der Waals surface area contributed by atoms with Crippen molar-refractivity contribution in [1.82, 2.24) is 10.2 Å². The van der Waals surface area contributed by atoms with Gasteiger partial charge >= 0.3 is 6.09 Å². The molecule has 0 aliphatic carbocycles. The fraction of sp³-hybridized carbons (Fsp3) is 0.455. The average molecular weight is 444 g/mol. The number of nitrogens with zero attached hydrogens (tertiary/aromatic N) is 2. The molecule has 2 aromatic carbocycles. The van der Waals surface area contributed by atoms with Gasteiger partial charge in [0.2, 0.25) is 0 Å². The van der Waals surface area contributed by atoms with Gasteiger partial charge in [0.15, 0.2) is 0 Å². The number of carbonyl (C=O) groups excluding carboxylic acids is 1. The van der Waals surface area contributed by atoms with E-state index >= 15 is 0 Å². The maximum absolute atomic E-state index is 12.6. The van der Waals surface area contributed by atoms with Crippen LogP contribution in [-0.2, 0) is 4.74 Å². The summed E-state index contributed by atoms with van der Waals surface area (Å²) >= 11 is 3.61. The van der Waals surface area contributed by atoms with Crippen molar-refractivity contribution >= 4 is 38.6 Å². The van der Waals surface area contributed by atoms with Gasteiger partial charge in [0.05, 0.1) is 18.6 Å². The number of hydrogen-bond donors (Lipinski definition) is 1. The third-order valence-electron chi connectivity index (χ3n) is 5.22. The zero-order chi connectivity index (χ0) is 19.9. The number of amides is 1. The summed E-state index contributed by atoms with van der Waals surface area (Å²) in [5.41, 5.74) is 0.725. The first kappa shape index (κ1) is 19.2. The monoisotopic (exact) mass is 443 g/mol. The first-order chi connectivity index (χ1) is 13.3. The topological polar surface area (TPSA) is 53.9 Å². The van der Waals surface area contributed by atoms with E-state index in [1.165, 1.54) is 16.3 Å². The predicted molar refractivity (Wildman–Crippen MR) is 116 cm³/mol. The summed E-state index contributed by atoms with van der Waals surface area (Å²) in [4.78, 5) is 19.1. The van der Waals surface area contributed by atoms with Crippen LogP contribution in [0.3, 0.4) is 0 Å². The van der Waals surface area contributed by atoms with Gasteiger partial charge in [-0.2, -0.15) is 0 Å². The molecule has 5 nitrogen and oxygen atoms in total. The smallest absolute Gasteiger partial charge is 0.410 e. The molecule has 0 spiro atoms. The second kappa shape index (κ2) is 7.39. The van der Waals surface area contributed by atoms with Gasteiger partial charge in [-0.05, 0) is 62.1 Å². The Balaban J connectivity index is 1.48. The Morgan fingerprint density at radius 2 is 2.11 bits per heavy atom. The maximum atomic E-state index is 12.6. The first-order valence-corrected chi connectivity index (χ1v) is 10.6. The molecule has 148 valence electrons. The zero-order valence-electron chi connectivity index (χ0n) is 16.5. The zero-order valence-corrected chi connectivity index (χ0v) is 18.1. The number of amidine groups is 1. The second-order valence-electron chi connectivity index (χ2n) is 8.48. The van der Waals surface area contributed by atoms with E-state index in [9.17, 15) is 4.79 Å². The van der Waals surface area contributed by atoms with Crippen LogP contribution in [-0.4, -0.2) is 41.6 Å². The standard InChI is InChI=1S/C22H26BrN3O2/c1-22(2,3)28-21(27)26-11-5-8-19(26)20-24-13-18(25-20)15-9-10-16-14(12-15)6-4-7-17(16)23/h4,6-7,9-10,12,18-19H,5,8,11,13H2,1-3H3,(H,24,25)/t18?,19-/m0/s1. The van der Waals surface area contributed by atoms with E-state index in [0.29, 0.717) is 6.54 Å². The van der Waals surface area contributed by atoms with Gasteiger partial charge in [-0.3, -0.25) is 9.89 Å². The van der Waals surface area contributed by atoms with Crippen molar-refractivity contribution < 1.29 is 9.53 Å². The van der Waals surface area contributed by atoms with E-state index in [-0.39, 0.29) is 18.2 Å². The maximum Gasteiger partial charge on any atom is 0.410 e. The minimum absolute atomic E-state index is 0.0190. The molecule has 2 heterocycles. The molecule has 0 radical (unpaired) electrons. The van der Waals surface area contributed by atoms with E-state index in [2.05, 4.69) is 57.6 Å². The van der Waals surface area contributed by atoms with Crippen molar-refractivity contribution in [3.63, 3.8) is 0 Å². The van der Waals surface area contributed by atoms with Gasteiger partial charge < -0.3 is 10.1 Å². The Morgan fingerprint density at radius 3 is 2.89 bits per heavy atom. The first-order valence-electron chi connectivity index (χ1n) is 9.80. The van der Waals surface area contributed by atoms with E-state index in [1.54, 1.807) is 0 Å². The Morgan fingerprint density at radius 1 is 1.29 bits per heavy atom. The van der Waals surface area contributed by atoms with E-state index in [0.717, 1.165) is 29.7 Å². The molecule has 2 aliphatic heterocycles. The average Bonchev–Trinajstić information content (AvgIpc) is 3.29. The summed E-state index contributed by atoms with van der Waals surface area (Å²) in [6.45, 7) is 7.10. The van der Waals surface area contributed by atoms with Gasteiger partial charge in [0, 0.05) is 11.0 Å². The highest BCUT2D eigenvalue weighted by Crippen LogP contribution is 2.29. The molecule has 0 aromatic heterocycles. The van der Waals surface area contributed by atoms with Crippen molar-refractivity contribution in [2.45, 2.75) is 51.3 Å². The minimum atomic E-state index is -0.489. The number of ether oxygens (including phenoxy) is 1. The Bertz CT molecular complexity index is 935. The van der Waals surface area contributed by atoms with E-state index in [4.69, 9.17) is 9.73 Å². The number of fused-ring (bicyclic) bond motifs is 1. The van der Waals surface area contributed by atoms with Gasteiger partial charge in [0.1, 0.15) is 11.4 Å². The number of carbonyl (C=O) groups is 1. The molecule has 1 unspecified atom stereocenters. The van der Waals surface area contributed by atoms with Crippen LogP contribution in [0.1, 0.15) is 45.2 Å². The number of aliphatic imine (C=N–C) groups is 1. The van der Waals surface area contributed by atoms with Crippen molar-refractivity contribution in [3.05, 3.63) is 46.4 Å². The summed E-state index contributed by atoms with van der Waals surface area (Å²) in [5, 5.41) is 5.98. The molecule has 1 fully saturated rings. The summed E-state index contributed by atoms with van der Waals surface area (Å²) in [5.74, 6) is 0.905. The van der Waals surface area contributed by atoms with Crippen LogP contribution in [0, 0.1) is 0 Å². The van der Waals surface area contributed by atoms with Crippen LogP contribution in [0.2, 0.25) is 0 Å². The number of benzene rings is 2. The van der Waals surface area contributed by atoms with Crippen molar-refractivity contribution in [1.29, 1.82) is 0 Å². The van der Waals surface area contributed by atoms with Gasteiger partial charge in [-0.15, -0.1) is 0 Å².